The van der Waals surface area contributed by atoms with Crippen LogP contribution in [0.15, 0.2) is 30.3 Å². The summed E-state index contributed by atoms with van der Waals surface area (Å²) in [5.74, 6) is -3.88. The summed E-state index contributed by atoms with van der Waals surface area (Å²) >= 11 is 0. The Hall–Kier alpha value is -3.75. The van der Waals surface area contributed by atoms with Gasteiger partial charge in [-0.05, 0) is 12.0 Å². The molecule has 0 unspecified atom stereocenters. The molecule has 0 aliphatic heterocycles. The van der Waals surface area contributed by atoms with Crippen LogP contribution in [0.2, 0.25) is 0 Å². The Bertz CT molecular complexity index is 872. The second kappa shape index (κ2) is 18.5. The summed E-state index contributed by atoms with van der Waals surface area (Å²) in [6, 6.07) is 8.90. The molecule has 1 rings (SSSR count). The minimum absolute atomic E-state index is 0.00273. The molecule has 1 aromatic carbocycles. The van der Waals surface area contributed by atoms with Gasteiger partial charge in [-0.2, -0.15) is 0 Å². The smallest absolute Gasteiger partial charge is 0.407 e. The number of ether oxygens (including phenoxy) is 4. The Labute approximate surface area is 219 Å². The summed E-state index contributed by atoms with van der Waals surface area (Å²) in [7, 11) is 0. The third kappa shape index (κ3) is 16.1. The first-order valence-corrected chi connectivity index (χ1v) is 11.8. The van der Waals surface area contributed by atoms with Gasteiger partial charge in [-0.1, -0.05) is 30.3 Å². The second-order valence-electron chi connectivity index (χ2n) is 8.19. The monoisotopic (exact) mass is 542 g/mol. The van der Waals surface area contributed by atoms with Crippen molar-refractivity contribution in [1.29, 1.82) is 0 Å². The van der Waals surface area contributed by atoms with Crippen LogP contribution in [0.5, 0.6) is 0 Å². The highest BCUT2D eigenvalue weighted by Crippen LogP contribution is 2.11. The number of nitrogens with one attached hydrogen (secondary N) is 2. The SMILES string of the molecule is O=C(O)CCCOCC(COCCC(=O)O)(COCCC(=O)O)NC(=O)CNC(=O)OCc1ccccc1. The van der Waals surface area contributed by atoms with Gasteiger partial charge in [-0.25, -0.2) is 4.79 Å². The normalized spacial score (nSPS) is 10.9. The van der Waals surface area contributed by atoms with Gasteiger partial charge >= 0.3 is 24.0 Å². The van der Waals surface area contributed by atoms with E-state index in [9.17, 15) is 24.0 Å². The summed E-state index contributed by atoms with van der Waals surface area (Å²) in [5.41, 5.74) is -0.643. The minimum atomic E-state index is -1.40. The zero-order chi connectivity index (χ0) is 28.2. The van der Waals surface area contributed by atoms with Gasteiger partial charge in [0.05, 0.1) is 45.9 Å². The molecule has 0 radical (unpaired) electrons. The fourth-order valence-corrected chi connectivity index (χ4v) is 2.95. The molecule has 0 heterocycles. The molecule has 0 spiro atoms. The lowest BCUT2D eigenvalue weighted by Gasteiger charge is -2.34. The molecule has 38 heavy (non-hydrogen) atoms. The van der Waals surface area contributed by atoms with Crippen molar-refractivity contribution in [3.63, 3.8) is 0 Å². The molecule has 212 valence electrons. The molecule has 0 aliphatic carbocycles. The van der Waals surface area contributed by atoms with Crippen molar-refractivity contribution in [2.75, 3.05) is 46.2 Å². The Morgan fingerprint density at radius 1 is 0.737 bits per heavy atom. The molecule has 0 saturated heterocycles. The Balaban J connectivity index is 2.78. The number of amides is 2. The van der Waals surface area contributed by atoms with E-state index in [2.05, 4.69) is 10.6 Å². The van der Waals surface area contributed by atoms with Crippen LogP contribution in [0.4, 0.5) is 4.79 Å². The van der Waals surface area contributed by atoms with E-state index in [4.69, 9.17) is 34.3 Å². The van der Waals surface area contributed by atoms with Gasteiger partial charge in [0.25, 0.3) is 0 Å². The fourth-order valence-electron chi connectivity index (χ4n) is 2.95. The Morgan fingerprint density at radius 2 is 1.26 bits per heavy atom. The minimum Gasteiger partial charge on any atom is -0.481 e. The first-order chi connectivity index (χ1) is 18.1. The van der Waals surface area contributed by atoms with Crippen LogP contribution in [0.3, 0.4) is 0 Å². The summed E-state index contributed by atoms with van der Waals surface area (Å²) < 4.78 is 21.4. The van der Waals surface area contributed by atoms with E-state index < -0.39 is 42.0 Å². The lowest BCUT2D eigenvalue weighted by Crippen LogP contribution is -2.60. The van der Waals surface area contributed by atoms with E-state index in [1.807, 2.05) is 6.07 Å². The van der Waals surface area contributed by atoms with Crippen molar-refractivity contribution in [3.8, 4) is 0 Å². The zero-order valence-corrected chi connectivity index (χ0v) is 20.9. The third-order valence-electron chi connectivity index (χ3n) is 4.75. The molecule has 14 nitrogen and oxygen atoms in total. The van der Waals surface area contributed by atoms with Crippen LogP contribution in [-0.2, 0) is 44.7 Å². The van der Waals surface area contributed by atoms with Crippen molar-refractivity contribution in [1.82, 2.24) is 10.6 Å². The Kier molecular flexibility index (Phi) is 15.7. The second-order valence-corrected chi connectivity index (χ2v) is 8.19. The summed E-state index contributed by atoms with van der Waals surface area (Å²) in [6.45, 7) is -1.60. The standard InChI is InChI=1S/C24H34N2O12/c27-19(13-25-23(34)38-14-18-5-2-1-3-6-18)26-24(16-36-11-8-21(30)31,17-37-12-9-22(32)33)15-35-10-4-7-20(28)29/h1-3,5-6H,4,7-17H2,(H,25,34)(H,26,27)(H,28,29)(H,30,31)(H,32,33). The average Bonchev–Trinajstić information content (AvgIpc) is 2.86. The summed E-state index contributed by atoms with van der Waals surface area (Å²) in [4.78, 5) is 57.0. The van der Waals surface area contributed by atoms with Gasteiger partial charge in [-0.3, -0.25) is 19.2 Å². The predicted octanol–water partition coefficient (Wildman–Crippen LogP) is 0.632. The van der Waals surface area contributed by atoms with Gasteiger partial charge in [0, 0.05) is 13.0 Å². The van der Waals surface area contributed by atoms with E-state index in [0.29, 0.717) is 0 Å². The fraction of sp³-hybridized carbons (Fsp3) is 0.542. The molecule has 0 aliphatic rings. The number of carboxylic acids is 3. The molecule has 14 heteroatoms. The first-order valence-electron chi connectivity index (χ1n) is 11.8. The number of alkyl carbamates (subject to hydrolysis) is 1. The maximum atomic E-state index is 12.7. The van der Waals surface area contributed by atoms with Crippen LogP contribution >= 0.6 is 0 Å². The molecule has 0 saturated carbocycles. The van der Waals surface area contributed by atoms with Gasteiger partial charge in [0.2, 0.25) is 5.91 Å². The zero-order valence-electron chi connectivity index (χ0n) is 20.9. The third-order valence-corrected chi connectivity index (χ3v) is 4.75. The number of carbonyl (C=O) groups is 5. The largest absolute Gasteiger partial charge is 0.481 e. The highest BCUT2D eigenvalue weighted by atomic mass is 16.5. The topological polar surface area (TPSA) is 207 Å². The molecule has 0 bridgehead atoms. The number of hydrogen-bond acceptors (Lipinski definition) is 9. The average molecular weight is 543 g/mol. The van der Waals surface area contributed by atoms with E-state index in [1.54, 1.807) is 24.3 Å². The predicted molar refractivity (Wildman–Crippen MR) is 129 cm³/mol. The number of hydrogen-bond donors (Lipinski definition) is 5. The van der Waals surface area contributed by atoms with Crippen LogP contribution in [0, 0.1) is 0 Å². The molecule has 0 fully saturated rings. The van der Waals surface area contributed by atoms with Crippen molar-refractivity contribution >= 4 is 29.9 Å². The van der Waals surface area contributed by atoms with Crippen molar-refractivity contribution in [2.45, 2.75) is 37.8 Å². The molecular weight excluding hydrogens is 508 g/mol. The Morgan fingerprint density at radius 3 is 1.79 bits per heavy atom. The van der Waals surface area contributed by atoms with Crippen LogP contribution < -0.4 is 10.6 Å². The summed E-state index contributed by atoms with van der Waals surface area (Å²) in [6.07, 6.45) is -1.40. The quantitative estimate of drug-likeness (QED) is 0.136. The van der Waals surface area contributed by atoms with Crippen LogP contribution in [0.25, 0.3) is 0 Å². The highest BCUT2D eigenvalue weighted by Gasteiger charge is 2.34. The summed E-state index contributed by atoms with van der Waals surface area (Å²) in [5, 5.41) is 31.4. The van der Waals surface area contributed by atoms with E-state index >= 15 is 0 Å². The van der Waals surface area contributed by atoms with E-state index in [0.717, 1.165) is 5.56 Å². The maximum absolute atomic E-state index is 12.7. The molecule has 2 amide bonds. The number of benzene rings is 1. The molecule has 0 aromatic heterocycles. The first kappa shape index (κ1) is 32.3. The van der Waals surface area contributed by atoms with Crippen molar-refractivity contribution in [3.05, 3.63) is 35.9 Å². The van der Waals surface area contributed by atoms with Gasteiger partial charge < -0.3 is 44.9 Å². The van der Waals surface area contributed by atoms with Gasteiger partial charge in [-0.15, -0.1) is 0 Å². The van der Waals surface area contributed by atoms with Crippen molar-refractivity contribution in [2.24, 2.45) is 0 Å². The number of aliphatic carboxylic acids is 3. The molecule has 1 aromatic rings. The highest BCUT2D eigenvalue weighted by molar-refractivity contribution is 5.82. The lowest BCUT2D eigenvalue weighted by molar-refractivity contribution is -0.140. The van der Waals surface area contributed by atoms with Gasteiger partial charge in [0.15, 0.2) is 0 Å². The number of carboxylic acid groups (broad SMARTS) is 3. The van der Waals surface area contributed by atoms with Crippen LogP contribution in [-0.4, -0.2) is 97.0 Å². The lowest BCUT2D eigenvalue weighted by atomic mass is 10.0. The van der Waals surface area contributed by atoms with Gasteiger partial charge in [0.1, 0.15) is 18.7 Å². The molecule has 0 atom stereocenters. The van der Waals surface area contributed by atoms with E-state index in [1.165, 1.54) is 0 Å². The van der Waals surface area contributed by atoms with Crippen LogP contribution in [0.1, 0.15) is 31.2 Å². The van der Waals surface area contributed by atoms with Crippen molar-refractivity contribution < 1.29 is 58.2 Å². The van der Waals surface area contributed by atoms with E-state index in [-0.39, 0.29) is 71.9 Å². The number of rotatable bonds is 21. The maximum Gasteiger partial charge on any atom is 0.407 e. The number of carbonyl (C=O) groups excluding carboxylic acids is 2. The molecule has 5 N–H and O–H groups in total. The molecular formula is C24H34N2O12.